The number of nitrogens with zero attached hydrogens (tertiary/aromatic N) is 2. The van der Waals surface area contributed by atoms with Gasteiger partial charge in [-0.2, -0.15) is 0 Å². The van der Waals surface area contributed by atoms with E-state index in [9.17, 15) is 18.3 Å². The van der Waals surface area contributed by atoms with Gasteiger partial charge >= 0.3 is 5.97 Å². The summed E-state index contributed by atoms with van der Waals surface area (Å²) in [4.78, 5) is 17.2. The first-order chi connectivity index (χ1) is 10.9. The highest BCUT2D eigenvalue weighted by atomic mass is 32.2. The molecule has 1 fully saturated rings. The van der Waals surface area contributed by atoms with Gasteiger partial charge in [-0.3, -0.25) is 0 Å². The van der Waals surface area contributed by atoms with Crippen LogP contribution in [0.2, 0.25) is 0 Å². The summed E-state index contributed by atoms with van der Waals surface area (Å²) >= 11 is 0. The number of pyridine rings is 1. The molecule has 2 N–H and O–H groups in total. The first kappa shape index (κ1) is 17.7. The van der Waals surface area contributed by atoms with Crippen LogP contribution in [0.25, 0.3) is 0 Å². The van der Waals surface area contributed by atoms with Crippen LogP contribution in [0, 0.1) is 0 Å². The number of hydrogen-bond acceptors (Lipinski definition) is 5. The second kappa shape index (κ2) is 7.27. The fraction of sp³-hybridized carbons (Fsp3) is 0.600. The largest absolute Gasteiger partial charge is 0.480 e. The Kier molecular flexibility index (Phi) is 5.59. The Morgan fingerprint density at radius 2 is 2.13 bits per heavy atom. The maximum Gasteiger partial charge on any atom is 0.326 e. The van der Waals surface area contributed by atoms with Crippen molar-refractivity contribution in [1.82, 2.24) is 9.71 Å². The van der Waals surface area contributed by atoms with Crippen LogP contribution in [-0.4, -0.2) is 43.1 Å². The van der Waals surface area contributed by atoms with Gasteiger partial charge in [0, 0.05) is 18.8 Å². The molecule has 7 nitrogen and oxygen atoms in total. The molecule has 0 unspecified atom stereocenters. The zero-order valence-corrected chi connectivity index (χ0v) is 14.2. The van der Waals surface area contributed by atoms with Crippen molar-refractivity contribution in [3.8, 4) is 0 Å². The second-order valence-corrected chi connectivity index (χ2v) is 7.39. The number of rotatable bonds is 7. The Morgan fingerprint density at radius 1 is 1.43 bits per heavy atom. The van der Waals surface area contributed by atoms with Crippen molar-refractivity contribution in [2.45, 2.75) is 56.5 Å². The van der Waals surface area contributed by atoms with Gasteiger partial charge in [-0.1, -0.05) is 13.8 Å². The van der Waals surface area contributed by atoms with Crippen LogP contribution in [0.1, 0.15) is 39.5 Å². The minimum atomic E-state index is -3.60. The van der Waals surface area contributed by atoms with Gasteiger partial charge in [-0.25, -0.2) is 22.9 Å². The minimum absolute atomic E-state index is 0.0965. The smallest absolute Gasteiger partial charge is 0.326 e. The number of hydrogen-bond donors (Lipinski definition) is 2. The van der Waals surface area contributed by atoms with E-state index in [0.29, 0.717) is 18.8 Å². The SMILES string of the molecule is CCC(CC)NS(=O)(=O)c1ccc(N2CCC[C@@H]2C(=O)O)nc1. The Balaban J connectivity index is 2.17. The molecule has 128 valence electrons. The lowest BCUT2D eigenvalue weighted by Crippen LogP contribution is -2.36. The first-order valence-corrected chi connectivity index (χ1v) is 9.35. The molecule has 1 aliphatic rings. The molecule has 2 heterocycles. The van der Waals surface area contributed by atoms with Crippen molar-refractivity contribution in [3.63, 3.8) is 0 Å². The fourth-order valence-corrected chi connectivity index (χ4v) is 4.09. The van der Waals surface area contributed by atoms with Crippen LogP contribution in [0.15, 0.2) is 23.2 Å². The molecule has 23 heavy (non-hydrogen) atoms. The number of aromatic nitrogens is 1. The van der Waals surface area contributed by atoms with Gasteiger partial charge in [0.15, 0.2) is 0 Å². The first-order valence-electron chi connectivity index (χ1n) is 7.86. The number of aliphatic carboxylic acids is 1. The highest BCUT2D eigenvalue weighted by Gasteiger charge is 2.31. The normalized spacial score (nSPS) is 18.6. The van der Waals surface area contributed by atoms with Crippen molar-refractivity contribution in [2.24, 2.45) is 0 Å². The standard InChI is InChI=1S/C15H23N3O4S/c1-3-11(4-2)17-23(21,22)12-7-8-14(16-10-12)18-9-5-6-13(18)15(19)20/h7-8,10-11,13,17H,3-6,9H2,1-2H3,(H,19,20)/t13-/m1/s1. The zero-order chi connectivity index (χ0) is 17.0. The van der Waals surface area contributed by atoms with Crippen LogP contribution >= 0.6 is 0 Å². The van der Waals surface area contributed by atoms with E-state index in [1.807, 2.05) is 13.8 Å². The molecular weight excluding hydrogens is 318 g/mol. The van der Waals surface area contributed by atoms with Gasteiger partial charge in [-0.15, -0.1) is 0 Å². The number of anilines is 1. The number of carboxylic acid groups (broad SMARTS) is 1. The second-order valence-electron chi connectivity index (χ2n) is 5.68. The molecule has 0 saturated carbocycles. The highest BCUT2D eigenvalue weighted by molar-refractivity contribution is 7.89. The summed E-state index contributed by atoms with van der Waals surface area (Å²) in [7, 11) is -3.60. The monoisotopic (exact) mass is 341 g/mol. The average Bonchev–Trinajstić information content (AvgIpc) is 3.02. The Morgan fingerprint density at radius 3 is 2.65 bits per heavy atom. The lowest BCUT2D eigenvalue weighted by molar-refractivity contribution is -0.138. The molecule has 2 rings (SSSR count). The number of sulfonamides is 1. The predicted octanol–water partition coefficient (Wildman–Crippen LogP) is 1.60. The summed E-state index contributed by atoms with van der Waals surface area (Å²) in [6.07, 6.45) is 4.09. The molecule has 0 spiro atoms. The zero-order valence-electron chi connectivity index (χ0n) is 13.4. The molecule has 0 bridgehead atoms. The average molecular weight is 341 g/mol. The van der Waals surface area contributed by atoms with Gasteiger partial charge in [0.2, 0.25) is 10.0 Å². The fourth-order valence-electron chi connectivity index (χ4n) is 2.74. The van der Waals surface area contributed by atoms with Crippen LogP contribution < -0.4 is 9.62 Å². The maximum absolute atomic E-state index is 12.3. The van der Waals surface area contributed by atoms with Crippen molar-refractivity contribution < 1.29 is 18.3 Å². The molecule has 0 aromatic carbocycles. The third-order valence-corrected chi connectivity index (χ3v) is 5.68. The van der Waals surface area contributed by atoms with Gasteiger partial charge < -0.3 is 10.0 Å². The van der Waals surface area contributed by atoms with Crippen molar-refractivity contribution in [3.05, 3.63) is 18.3 Å². The third kappa shape index (κ3) is 4.00. The Hall–Kier alpha value is -1.67. The van der Waals surface area contributed by atoms with E-state index in [-0.39, 0.29) is 10.9 Å². The van der Waals surface area contributed by atoms with E-state index in [0.717, 1.165) is 19.3 Å². The number of carboxylic acids is 1. The maximum atomic E-state index is 12.3. The molecule has 1 saturated heterocycles. The molecule has 1 aromatic heterocycles. The molecule has 1 aliphatic heterocycles. The molecule has 1 atom stereocenters. The molecule has 1 aromatic rings. The van der Waals surface area contributed by atoms with Crippen LogP contribution in [0.3, 0.4) is 0 Å². The summed E-state index contributed by atoms with van der Waals surface area (Å²) in [5.41, 5.74) is 0. The molecule has 0 aliphatic carbocycles. The van der Waals surface area contributed by atoms with E-state index in [1.54, 1.807) is 11.0 Å². The molecular formula is C15H23N3O4S. The van der Waals surface area contributed by atoms with Gasteiger partial charge in [0.1, 0.15) is 16.8 Å². The topological polar surface area (TPSA) is 99.6 Å². The van der Waals surface area contributed by atoms with E-state index in [1.165, 1.54) is 12.3 Å². The van der Waals surface area contributed by atoms with Gasteiger partial charge in [0.25, 0.3) is 0 Å². The van der Waals surface area contributed by atoms with Crippen LogP contribution in [0.5, 0.6) is 0 Å². The summed E-state index contributed by atoms with van der Waals surface area (Å²) < 4.78 is 27.3. The molecule has 0 amide bonds. The lowest BCUT2D eigenvalue weighted by atomic mass is 10.2. The summed E-state index contributed by atoms with van der Waals surface area (Å²) in [6.45, 7) is 4.47. The van der Waals surface area contributed by atoms with Crippen LogP contribution in [-0.2, 0) is 14.8 Å². The summed E-state index contributed by atoms with van der Waals surface area (Å²) in [5, 5.41) is 9.21. The molecule has 0 radical (unpaired) electrons. The van der Waals surface area contributed by atoms with Crippen molar-refractivity contribution in [2.75, 3.05) is 11.4 Å². The number of carbonyl (C=O) groups is 1. The van der Waals surface area contributed by atoms with E-state index < -0.39 is 22.0 Å². The molecule has 8 heteroatoms. The Bertz CT molecular complexity index is 641. The Labute approximate surface area is 136 Å². The van der Waals surface area contributed by atoms with E-state index in [4.69, 9.17) is 0 Å². The highest BCUT2D eigenvalue weighted by Crippen LogP contribution is 2.24. The van der Waals surface area contributed by atoms with Gasteiger partial charge in [-0.05, 0) is 37.8 Å². The lowest BCUT2D eigenvalue weighted by Gasteiger charge is -2.22. The van der Waals surface area contributed by atoms with E-state index in [2.05, 4.69) is 9.71 Å². The summed E-state index contributed by atoms with van der Waals surface area (Å²) in [6, 6.07) is 2.36. The number of nitrogens with one attached hydrogen (secondary N) is 1. The van der Waals surface area contributed by atoms with Crippen molar-refractivity contribution in [1.29, 1.82) is 0 Å². The minimum Gasteiger partial charge on any atom is -0.480 e. The predicted molar refractivity (Wildman–Crippen MR) is 86.9 cm³/mol. The summed E-state index contributed by atoms with van der Waals surface area (Å²) in [5.74, 6) is -0.382. The quantitative estimate of drug-likeness (QED) is 0.781. The van der Waals surface area contributed by atoms with Crippen LogP contribution in [0.4, 0.5) is 5.82 Å². The van der Waals surface area contributed by atoms with E-state index >= 15 is 0 Å². The van der Waals surface area contributed by atoms with Crippen molar-refractivity contribution >= 4 is 21.8 Å². The third-order valence-electron chi connectivity index (χ3n) is 4.17. The van der Waals surface area contributed by atoms with Gasteiger partial charge in [0.05, 0.1) is 0 Å².